The maximum absolute atomic E-state index is 13.3. The number of hydrogen-bond acceptors (Lipinski definition) is 4. The first kappa shape index (κ1) is 22.2. The Labute approximate surface area is 190 Å². The van der Waals surface area contributed by atoms with E-state index >= 15 is 0 Å². The summed E-state index contributed by atoms with van der Waals surface area (Å²) in [6.45, 7) is 6.18. The first-order valence-electron chi connectivity index (χ1n) is 11.3. The highest BCUT2D eigenvalue weighted by atomic mass is 16.5. The Morgan fingerprint density at radius 3 is 1.53 bits per heavy atom. The topological polar surface area (TPSA) is 59.1 Å². The van der Waals surface area contributed by atoms with Crippen LogP contribution in [0.2, 0.25) is 0 Å². The van der Waals surface area contributed by atoms with Crippen LogP contribution in [0.3, 0.4) is 0 Å². The first-order chi connectivity index (χ1) is 15.4. The van der Waals surface area contributed by atoms with Gasteiger partial charge in [-0.05, 0) is 36.1 Å². The number of hydrogen-bond donors (Lipinski definition) is 0. The fourth-order valence-electron chi connectivity index (χ4n) is 4.91. The average molecular weight is 437 g/mol. The molecule has 0 saturated heterocycles. The Balaban J connectivity index is 1.42. The number of methoxy groups -OCH3 is 2. The third-order valence-electron chi connectivity index (χ3n) is 7.04. The van der Waals surface area contributed by atoms with Gasteiger partial charge in [0.05, 0.1) is 14.2 Å². The van der Waals surface area contributed by atoms with E-state index in [4.69, 9.17) is 9.47 Å². The van der Waals surface area contributed by atoms with Crippen LogP contribution in [-0.4, -0.2) is 48.9 Å². The third-order valence-corrected chi connectivity index (χ3v) is 7.04. The lowest BCUT2D eigenvalue weighted by Gasteiger charge is -2.35. The van der Waals surface area contributed by atoms with Gasteiger partial charge in [-0.3, -0.25) is 9.59 Å². The highest BCUT2D eigenvalue weighted by Crippen LogP contribution is 2.31. The van der Waals surface area contributed by atoms with E-state index in [2.05, 4.69) is 12.1 Å². The number of carbonyl (C=O) groups is 2. The molecule has 0 saturated carbocycles. The number of fused-ring (bicyclic) bond motifs is 2. The van der Waals surface area contributed by atoms with Crippen molar-refractivity contribution in [1.82, 2.24) is 9.80 Å². The Kier molecular flexibility index (Phi) is 6.40. The molecule has 4 rings (SSSR count). The van der Waals surface area contributed by atoms with Crippen LogP contribution >= 0.6 is 0 Å². The fraction of sp³-hybridized carbons (Fsp3) is 0.462. The zero-order valence-electron chi connectivity index (χ0n) is 19.4. The minimum atomic E-state index is -0.374. The van der Waals surface area contributed by atoms with Crippen molar-refractivity contribution in [3.05, 3.63) is 58.7 Å². The van der Waals surface area contributed by atoms with Crippen LogP contribution in [0.5, 0.6) is 11.5 Å². The summed E-state index contributed by atoms with van der Waals surface area (Å²) in [5.41, 5.74) is 4.60. The second-order valence-electron chi connectivity index (χ2n) is 8.79. The van der Waals surface area contributed by atoms with Crippen LogP contribution in [0.4, 0.5) is 0 Å². The Bertz CT molecular complexity index is 937. The minimum absolute atomic E-state index is 0.0402. The molecule has 6 nitrogen and oxygen atoms in total. The van der Waals surface area contributed by atoms with Crippen molar-refractivity contribution in [1.29, 1.82) is 0 Å². The van der Waals surface area contributed by atoms with Crippen molar-refractivity contribution >= 4 is 11.8 Å². The van der Waals surface area contributed by atoms with Crippen LogP contribution in [-0.2, 0) is 35.5 Å². The normalized spacial score (nSPS) is 17.1. The standard InChI is InChI=1S/C26H32N2O4/c1-17(25(29)27-13-11-21-19(15-27)7-5-9-23(21)31-3)18(2)26(30)28-14-12-22-20(16-28)8-6-10-24(22)32-4/h5-10,17-18H,11-16H2,1-4H3. The summed E-state index contributed by atoms with van der Waals surface area (Å²) in [6, 6.07) is 12.0. The van der Waals surface area contributed by atoms with Gasteiger partial charge in [0.1, 0.15) is 11.5 Å². The summed E-state index contributed by atoms with van der Waals surface area (Å²) in [7, 11) is 3.36. The maximum atomic E-state index is 13.3. The summed E-state index contributed by atoms with van der Waals surface area (Å²) in [6.07, 6.45) is 1.54. The van der Waals surface area contributed by atoms with Gasteiger partial charge in [0.15, 0.2) is 0 Å². The number of rotatable bonds is 5. The van der Waals surface area contributed by atoms with Gasteiger partial charge in [-0.2, -0.15) is 0 Å². The molecule has 0 radical (unpaired) electrons. The van der Waals surface area contributed by atoms with Crippen LogP contribution < -0.4 is 9.47 Å². The molecule has 2 unspecified atom stereocenters. The van der Waals surface area contributed by atoms with E-state index in [1.807, 2.05) is 47.9 Å². The zero-order chi connectivity index (χ0) is 22.8. The summed E-state index contributed by atoms with van der Waals surface area (Å²) in [5, 5.41) is 0. The number of ether oxygens (including phenoxy) is 2. The molecule has 2 aromatic rings. The molecule has 0 aromatic heterocycles. The van der Waals surface area contributed by atoms with Gasteiger partial charge in [0.25, 0.3) is 0 Å². The Morgan fingerprint density at radius 2 is 1.16 bits per heavy atom. The molecule has 0 bridgehead atoms. The third kappa shape index (κ3) is 4.06. The number of nitrogens with zero attached hydrogens (tertiary/aromatic N) is 2. The van der Waals surface area contributed by atoms with Crippen molar-refractivity contribution < 1.29 is 19.1 Å². The van der Waals surface area contributed by atoms with Crippen molar-refractivity contribution in [2.75, 3.05) is 27.3 Å². The van der Waals surface area contributed by atoms with Crippen LogP contribution in [0.25, 0.3) is 0 Å². The Morgan fingerprint density at radius 1 is 0.750 bits per heavy atom. The molecular formula is C26H32N2O4. The van der Waals surface area contributed by atoms with Crippen molar-refractivity contribution in [2.45, 2.75) is 39.8 Å². The predicted octanol–water partition coefficient (Wildman–Crippen LogP) is 3.45. The summed E-state index contributed by atoms with van der Waals surface area (Å²) in [5.74, 6) is 1.10. The lowest BCUT2D eigenvalue weighted by molar-refractivity contribution is -0.146. The molecule has 2 heterocycles. The van der Waals surface area contributed by atoms with Gasteiger partial charge in [0.2, 0.25) is 11.8 Å². The molecule has 0 aliphatic carbocycles. The van der Waals surface area contributed by atoms with Gasteiger partial charge < -0.3 is 19.3 Å². The van der Waals surface area contributed by atoms with E-state index in [-0.39, 0.29) is 23.7 Å². The molecule has 0 N–H and O–H groups in total. The molecule has 2 aromatic carbocycles. The zero-order valence-corrected chi connectivity index (χ0v) is 19.4. The first-order valence-corrected chi connectivity index (χ1v) is 11.3. The maximum Gasteiger partial charge on any atom is 0.226 e. The SMILES string of the molecule is COc1cccc2c1CCN(C(=O)C(C)C(C)C(=O)N1CCc3c(cccc3OC)C1)C2. The molecule has 2 aliphatic heterocycles. The van der Waals surface area contributed by atoms with Crippen LogP contribution in [0.1, 0.15) is 36.1 Å². The summed E-state index contributed by atoms with van der Waals surface area (Å²) in [4.78, 5) is 30.3. The van der Waals surface area contributed by atoms with E-state index in [1.165, 1.54) is 11.1 Å². The highest BCUT2D eigenvalue weighted by molar-refractivity contribution is 5.87. The van der Waals surface area contributed by atoms with Gasteiger partial charge in [-0.1, -0.05) is 38.1 Å². The largest absolute Gasteiger partial charge is 0.496 e. The smallest absolute Gasteiger partial charge is 0.226 e. The number of amides is 2. The van der Waals surface area contributed by atoms with Crippen molar-refractivity contribution in [3.8, 4) is 11.5 Å². The molecule has 2 atom stereocenters. The second kappa shape index (κ2) is 9.23. The molecule has 2 aliphatic rings. The second-order valence-corrected chi connectivity index (χ2v) is 8.79. The average Bonchev–Trinajstić information content (AvgIpc) is 2.85. The quantitative estimate of drug-likeness (QED) is 0.721. The molecule has 170 valence electrons. The monoisotopic (exact) mass is 436 g/mol. The van der Waals surface area contributed by atoms with Crippen LogP contribution in [0.15, 0.2) is 36.4 Å². The fourth-order valence-corrected chi connectivity index (χ4v) is 4.91. The molecule has 0 fully saturated rings. The highest BCUT2D eigenvalue weighted by Gasteiger charge is 2.35. The minimum Gasteiger partial charge on any atom is -0.496 e. The van der Waals surface area contributed by atoms with Crippen molar-refractivity contribution in [2.24, 2.45) is 11.8 Å². The number of carbonyl (C=O) groups excluding carboxylic acids is 2. The summed E-state index contributed by atoms with van der Waals surface area (Å²) >= 11 is 0. The van der Waals surface area contributed by atoms with E-state index in [0.29, 0.717) is 26.2 Å². The van der Waals surface area contributed by atoms with E-state index in [1.54, 1.807) is 14.2 Å². The van der Waals surface area contributed by atoms with Crippen molar-refractivity contribution in [3.63, 3.8) is 0 Å². The van der Waals surface area contributed by atoms with Crippen LogP contribution in [0, 0.1) is 11.8 Å². The molecular weight excluding hydrogens is 404 g/mol. The van der Waals surface area contributed by atoms with Gasteiger partial charge in [0, 0.05) is 49.1 Å². The Hall–Kier alpha value is -3.02. The predicted molar refractivity (Wildman–Crippen MR) is 123 cm³/mol. The lowest BCUT2D eigenvalue weighted by atomic mass is 9.90. The van der Waals surface area contributed by atoms with Gasteiger partial charge >= 0.3 is 0 Å². The molecule has 2 amide bonds. The van der Waals surface area contributed by atoms with Gasteiger partial charge in [-0.15, -0.1) is 0 Å². The number of benzene rings is 2. The van der Waals surface area contributed by atoms with E-state index in [0.717, 1.165) is 35.5 Å². The summed E-state index contributed by atoms with van der Waals surface area (Å²) < 4.78 is 10.9. The lowest BCUT2D eigenvalue weighted by Crippen LogP contribution is -2.46. The molecule has 6 heteroatoms. The molecule has 0 spiro atoms. The van der Waals surface area contributed by atoms with E-state index in [9.17, 15) is 9.59 Å². The van der Waals surface area contributed by atoms with Gasteiger partial charge in [-0.25, -0.2) is 0 Å². The molecule has 32 heavy (non-hydrogen) atoms. The van der Waals surface area contributed by atoms with E-state index < -0.39 is 0 Å².